The summed E-state index contributed by atoms with van der Waals surface area (Å²) in [4.78, 5) is 25.0. The molecule has 0 aliphatic carbocycles. The molecule has 2 rings (SSSR count). The van der Waals surface area contributed by atoms with Crippen molar-refractivity contribution in [3.63, 3.8) is 0 Å². The molecule has 1 aliphatic rings. The third-order valence-electron chi connectivity index (χ3n) is 4.04. The van der Waals surface area contributed by atoms with Gasteiger partial charge < -0.3 is 15.3 Å². The van der Waals surface area contributed by atoms with Crippen molar-refractivity contribution in [2.45, 2.75) is 26.7 Å². The average molecular weight is 290 g/mol. The molecule has 1 aromatic rings. The smallest absolute Gasteiger partial charge is 0.321 e. The van der Waals surface area contributed by atoms with E-state index in [1.54, 1.807) is 4.90 Å². The molecule has 0 spiro atoms. The first-order valence-electron chi connectivity index (χ1n) is 7.27. The second-order valence-electron chi connectivity index (χ2n) is 6.00. The van der Waals surface area contributed by atoms with Gasteiger partial charge in [0.25, 0.3) is 0 Å². The Kier molecular flexibility index (Phi) is 4.50. The van der Waals surface area contributed by atoms with Gasteiger partial charge in [0.05, 0.1) is 5.92 Å². The van der Waals surface area contributed by atoms with Crippen molar-refractivity contribution in [3.8, 4) is 0 Å². The Morgan fingerprint density at radius 3 is 2.52 bits per heavy atom. The molecule has 1 aromatic carbocycles. The van der Waals surface area contributed by atoms with Crippen molar-refractivity contribution in [2.75, 3.05) is 18.4 Å². The number of anilines is 1. The molecule has 1 fully saturated rings. The van der Waals surface area contributed by atoms with Crippen LogP contribution < -0.4 is 5.32 Å². The number of carbonyl (C=O) groups is 2. The number of hydrogen-bond donors (Lipinski definition) is 2. The second kappa shape index (κ2) is 6.16. The molecule has 5 nitrogen and oxygen atoms in total. The predicted molar refractivity (Wildman–Crippen MR) is 81.4 cm³/mol. The Bertz CT molecular complexity index is 542. The van der Waals surface area contributed by atoms with Crippen LogP contribution in [-0.2, 0) is 4.79 Å². The van der Waals surface area contributed by atoms with Crippen LogP contribution >= 0.6 is 0 Å². The Morgan fingerprint density at radius 2 is 1.95 bits per heavy atom. The molecule has 2 unspecified atom stereocenters. The number of carbonyl (C=O) groups excluding carboxylic acids is 1. The summed E-state index contributed by atoms with van der Waals surface area (Å²) >= 11 is 0. The molecule has 21 heavy (non-hydrogen) atoms. The zero-order valence-electron chi connectivity index (χ0n) is 12.7. The molecular formula is C16H22N2O3. The maximum absolute atomic E-state index is 12.3. The van der Waals surface area contributed by atoms with Gasteiger partial charge in [-0.25, -0.2) is 4.79 Å². The van der Waals surface area contributed by atoms with Crippen LogP contribution in [0.1, 0.15) is 32.3 Å². The van der Waals surface area contributed by atoms with Gasteiger partial charge in [-0.05, 0) is 23.5 Å². The van der Waals surface area contributed by atoms with Crippen molar-refractivity contribution >= 4 is 17.7 Å². The molecule has 0 bridgehead atoms. The molecular weight excluding hydrogens is 268 g/mol. The molecule has 114 valence electrons. The summed E-state index contributed by atoms with van der Waals surface area (Å²) < 4.78 is 0. The number of urea groups is 1. The van der Waals surface area contributed by atoms with Gasteiger partial charge in [0.2, 0.25) is 0 Å². The first-order valence-corrected chi connectivity index (χ1v) is 7.27. The summed E-state index contributed by atoms with van der Waals surface area (Å²) in [6, 6.07) is 7.48. The molecule has 0 aromatic heterocycles. The van der Waals surface area contributed by atoms with Crippen LogP contribution in [0.2, 0.25) is 0 Å². The quantitative estimate of drug-likeness (QED) is 0.899. The summed E-state index contributed by atoms with van der Waals surface area (Å²) in [7, 11) is 0. The van der Waals surface area contributed by atoms with E-state index in [1.807, 2.05) is 31.2 Å². The lowest BCUT2D eigenvalue weighted by Gasteiger charge is -2.19. The Labute approximate surface area is 125 Å². The fourth-order valence-electron chi connectivity index (χ4n) is 2.76. The zero-order chi connectivity index (χ0) is 15.6. The maximum atomic E-state index is 12.3. The van der Waals surface area contributed by atoms with Crippen molar-refractivity contribution in [1.82, 2.24) is 4.90 Å². The number of amides is 2. The monoisotopic (exact) mass is 290 g/mol. The number of hydrogen-bond acceptors (Lipinski definition) is 2. The third kappa shape index (κ3) is 3.35. The van der Waals surface area contributed by atoms with Crippen molar-refractivity contribution in [1.29, 1.82) is 0 Å². The SMILES string of the molecule is CC(C)c1ccccc1NC(=O)N1CC(C)C(C(=O)O)C1. The highest BCUT2D eigenvalue weighted by molar-refractivity contribution is 5.91. The van der Waals surface area contributed by atoms with E-state index in [-0.39, 0.29) is 18.5 Å². The molecule has 0 radical (unpaired) electrons. The number of rotatable bonds is 3. The van der Waals surface area contributed by atoms with E-state index in [1.165, 1.54) is 0 Å². The van der Waals surface area contributed by atoms with Gasteiger partial charge in [0.1, 0.15) is 0 Å². The number of likely N-dealkylation sites (tertiary alicyclic amines) is 1. The fourth-order valence-corrected chi connectivity index (χ4v) is 2.76. The van der Waals surface area contributed by atoms with Crippen molar-refractivity contribution < 1.29 is 14.7 Å². The number of benzene rings is 1. The van der Waals surface area contributed by atoms with Crippen molar-refractivity contribution in [2.24, 2.45) is 11.8 Å². The fraction of sp³-hybridized carbons (Fsp3) is 0.500. The van der Waals surface area contributed by atoms with Gasteiger partial charge in [-0.2, -0.15) is 0 Å². The van der Waals surface area contributed by atoms with Gasteiger partial charge >= 0.3 is 12.0 Å². The largest absolute Gasteiger partial charge is 0.481 e. The van der Waals surface area contributed by atoms with Crippen LogP contribution in [0.15, 0.2) is 24.3 Å². The van der Waals surface area contributed by atoms with Gasteiger partial charge in [0.15, 0.2) is 0 Å². The standard InChI is InChI=1S/C16H22N2O3/c1-10(2)12-6-4-5-7-14(12)17-16(21)18-8-11(3)13(9-18)15(19)20/h4-7,10-11,13H,8-9H2,1-3H3,(H,17,21)(H,19,20). The van der Waals surface area contributed by atoms with Crippen LogP contribution in [0.5, 0.6) is 0 Å². The molecule has 2 atom stereocenters. The van der Waals surface area contributed by atoms with Gasteiger partial charge in [-0.1, -0.05) is 39.0 Å². The molecule has 1 heterocycles. The van der Waals surface area contributed by atoms with Crippen LogP contribution in [0.25, 0.3) is 0 Å². The highest BCUT2D eigenvalue weighted by Gasteiger charge is 2.37. The highest BCUT2D eigenvalue weighted by atomic mass is 16.4. The van der Waals surface area contributed by atoms with E-state index in [2.05, 4.69) is 19.2 Å². The maximum Gasteiger partial charge on any atom is 0.321 e. The Balaban J connectivity index is 2.08. The number of carboxylic acid groups (broad SMARTS) is 1. The third-order valence-corrected chi connectivity index (χ3v) is 4.04. The van der Waals surface area contributed by atoms with E-state index in [0.29, 0.717) is 12.5 Å². The summed E-state index contributed by atoms with van der Waals surface area (Å²) in [6.45, 7) is 6.76. The molecule has 2 amide bonds. The first-order chi connectivity index (χ1) is 9.90. The number of aliphatic carboxylic acids is 1. The number of para-hydroxylation sites is 1. The van der Waals surface area contributed by atoms with Gasteiger partial charge in [-0.3, -0.25) is 4.79 Å². The van der Waals surface area contributed by atoms with Crippen LogP contribution in [0.3, 0.4) is 0 Å². The zero-order valence-corrected chi connectivity index (χ0v) is 12.7. The van der Waals surface area contributed by atoms with E-state index in [9.17, 15) is 9.59 Å². The van der Waals surface area contributed by atoms with E-state index < -0.39 is 11.9 Å². The molecule has 5 heteroatoms. The Hall–Kier alpha value is -2.04. The topological polar surface area (TPSA) is 69.6 Å². The van der Waals surface area contributed by atoms with E-state index in [0.717, 1.165) is 11.3 Å². The Morgan fingerprint density at radius 1 is 1.29 bits per heavy atom. The normalized spacial score (nSPS) is 21.6. The highest BCUT2D eigenvalue weighted by Crippen LogP contribution is 2.26. The van der Waals surface area contributed by atoms with Crippen LogP contribution in [0.4, 0.5) is 10.5 Å². The average Bonchev–Trinajstić information content (AvgIpc) is 2.81. The lowest BCUT2D eigenvalue weighted by atomic mass is 9.99. The van der Waals surface area contributed by atoms with Crippen molar-refractivity contribution in [3.05, 3.63) is 29.8 Å². The molecule has 1 aliphatic heterocycles. The number of nitrogens with one attached hydrogen (secondary N) is 1. The summed E-state index contributed by atoms with van der Waals surface area (Å²) in [5.41, 5.74) is 1.87. The predicted octanol–water partition coefficient (Wildman–Crippen LogP) is 2.99. The lowest BCUT2D eigenvalue weighted by Crippen LogP contribution is -2.34. The van der Waals surface area contributed by atoms with Gasteiger partial charge in [0, 0.05) is 18.8 Å². The second-order valence-corrected chi connectivity index (χ2v) is 6.00. The van der Waals surface area contributed by atoms with E-state index in [4.69, 9.17) is 5.11 Å². The molecule has 2 N–H and O–H groups in total. The molecule has 0 saturated carbocycles. The minimum Gasteiger partial charge on any atom is -0.481 e. The van der Waals surface area contributed by atoms with E-state index >= 15 is 0 Å². The van der Waals surface area contributed by atoms with Gasteiger partial charge in [-0.15, -0.1) is 0 Å². The summed E-state index contributed by atoms with van der Waals surface area (Å²) in [6.07, 6.45) is 0. The lowest BCUT2D eigenvalue weighted by molar-refractivity contribution is -0.142. The first kappa shape index (κ1) is 15.4. The van der Waals surface area contributed by atoms with Crippen LogP contribution in [0, 0.1) is 11.8 Å². The number of carboxylic acids is 1. The number of nitrogens with zero attached hydrogens (tertiary/aromatic N) is 1. The summed E-state index contributed by atoms with van der Waals surface area (Å²) in [5, 5.41) is 12.0. The summed E-state index contributed by atoms with van der Waals surface area (Å²) in [5.74, 6) is -1.02. The van der Waals surface area contributed by atoms with Crippen LogP contribution in [-0.4, -0.2) is 35.1 Å². The minimum absolute atomic E-state index is 0.0198. The molecule has 1 saturated heterocycles. The minimum atomic E-state index is -0.833.